The quantitative estimate of drug-likeness (QED) is 0.372. The van der Waals surface area contributed by atoms with Crippen molar-refractivity contribution >= 4 is 62.7 Å². The Kier molecular flexibility index (Phi) is 9.78. The van der Waals surface area contributed by atoms with Gasteiger partial charge in [-0.3, -0.25) is 9.69 Å². The molecule has 0 N–H and O–H groups in total. The van der Waals surface area contributed by atoms with Crippen LogP contribution in [-0.4, -0.2) is 57.2 Å². The van der Waals surface area contributed by atoms with E-state index in [0.29, 0.717) is 28.2 Å². The van der Waals surface area contributed by atoms with Crippen molar-refractivity contribution in [2.45, 2.75) is 6.42 Å². The zero-order valence-corrected chi connectivity index (χ0v) is 20.9. The van der Waals surface area contributed by atoms with Gasteiger partial charge in [0.25, 0.3) is 5.91 Å². The lowest BCUT2D eigenvalue weighted by Crippen LogP contribution is -2.32. The number of aromatic nitrogens is 1. The van der Waals surface area contributed by atoms with E-state index in [1.54, 1.807) is 31.3 Å². The Morgan fingerprint density at radius 1 is 1.09 bits per heavy atom. The largest absolute Gasteiger partial charge is 0.493 e. The summed E-state index contributed by atoms with van der Waals surface area (Å²) in [5.41, 5.74) is 1.68. The van der Waals surface area contributed by atoms with Crippen LogP contribution in [0.25, 0.3) is 16.3 Å². The van der Waals surface area contributed by atoms with Crippen molar-refractivity contribution in [1.29, 1.82) is 0 Å². The van der Waals surface area contributed by atoms with Gasteiger partial charge in [0.1, 0.15) is 0 Å². The molecule has 9 heteroatoms. The van der Waals surface area contributed by atoms with E-state index in [1.165, 1.54) is 11.3 Å². The van der Waals surface area contributed by atoms with Crippen LogP contribution in [0.15, 0.2) is 42.5 Å². The van der Waals surface area contributed by atoms with Gasteiger partial charge in [-0.1, -0.05) is 29.0 Å². The second-order valence-electron chi connectivity index (χ2n) is 7.20. The highest BCUT2D eigenvalue weighted by molar-refractivity contribution is 7.22. The monoisotopic (exact) mass is 495 g/mol. The highest BCUT2D eigenvalue weighted by Crippen LogP contribution is 2.31. The lowest BCUT2D eigenvalue weighted by atomic mass is 10.2. The number of amides is 1. The zero-order valence-electron chi connectivity index (χ0n) is 18.5. The molecule has 1 aromatic heterocycles. The SMILES string of the molecule is COc1ccc(C=CC(=O)N(CCCN(C)C)c2nc3ccc(Cl)cc3s2)cc1OC.Cl. The van der Waals surface area contributed by atoms with Crippen molar-refractivity contribution in [2.75, 3.05) is 46.3 Å². The summed E-state index contributed by atoms with van der Waals surface area (Å²) in [5.74, 6) is 1.13. The highest BCUT2D eigenvalue weighted by Gasteiger charge is 2.18. The first kappa shape index (κ1) is 25.9. The zero-order chi connectivity index (χ0) is 22.4. The summed E-state index contributed by atoms with van der Waals surface area (Å²) in [6.07, 6.45) is 4.17. The molecule has 0 saturated heterocycles. The molecule has 3 aromatic rings. The maximum atomic E-state index is 13.1. The molecule has 32 heavy (non-hydrogen) atoms. The Hall–Kier alpha value is -2.32. The first-order chi connectivity index (χ1) is 14.9. The summed E-state index contributed by atoms with van der Waals surface area (Å²) >= 11 is 7.58. The minimum absolute atomic E-state index is 0. The predicted molar refractivity (Wildman–Crippen MR) is 136 cm³/mol. The number of rotatable bonds is 9. The summed E-state index contributed by atoms with van der Waals surface area (Å²) in [6, 6.07) is 11.1. The molecule has 2 aromatic carbocycles. The first-order valence-corrected chi connectivity index (χ1v) is 11.0. The third-order valence-corrected chi connectivity index (χ3v) is 5.93. The van der Waals surface area contributed by atoms with Gasteiger partial charge in [0.05, 0.1) is 24.4 Å². The molecule has 0 fully saturated rings. The number of nitrogens with zero attached hydrogens (tertiary/aromatic N) is 3. The van der Waals surface area contributed by atoms with Crippen LogP contribution >= 0.6 is 35.3 Å². The van der Waals surface area contributed by atoms with Crippen LogP contribution in [0.2, 0.25) is 5.02 Å². The van der Waals surface area contributed by atoms with Gasteiger partial charge >= 0.3 is 0 Å². The van der Waals surface area contributed by atoms with Gasteiger partial charge in [-0.15, -0.1) is 12.4 Å². The van der Waals surface area contributed by atoms with E-state index >= 15 is 0 Å². The van der Waals surface area contributed by atoms with Crippen LogP contribution in [0.4, 0.5) is 5.13 Å². The molecule has 0 saturated carbocycles. The van der Waals surface area contributed by atoms with E-state index in [0.717, 1.165) is 28.7 Å². The van der Waals surface area contributed by atoms with Gasteiger partial charge in [-0.05, 0) is 69.0 Å². The predicted octanol–water partition coefficient (Wildman–Crippen LogP) is 5.39. The number of carbonyl (C=O) groups excluding carboxylic acids is 1. The second kappa shape index (κ2) is 12.1. The number of halogens is 2. The lowest BCUT2D eigenvalue weighted by Gasteiger charge is -2.19. The van der Waals surface area contributed by atoms with Gasteiger partial charge in [0.2, 0.25) is 0 Å². The van der Waals surface area contributed by atoms with E-state index in [4.69, 9.17) is 21.1 Å². The van der Waals surface area contributed by atoms with Gasteiger partial charge < -0.3 is 14.4 Å². The van der Waals surface area contributed by atoms with E-state index < -0.39 is 0 Å². The van der Waals surface area contributed by atoms with Crippen LogP contribution in [0.5, 0.6) is 11.5 Å². The maximum Gasteiger partial charge on any atom is 0.252 e. The Labute approximate surface area is 203 Å². The minimum Gasteiger partial charge on any atom is -0.493 e. The molecule has 1 amide bonds. The molecule has 0 aliphatic heterocycles. The summed E-state index contributed by atoms with van der Waals surface area (Å²) in [6.45, 7) is 1.45. The lowest BCUT2D eigenvalue weighted by molar-refractivity contribution is -0.114. The van der Waals surface area contributed by atoms with Crippen molar-refractivity contribution in [2.24, 2.45) is 0 Å². The van der Waals surface area contributed by atoms with Crippen LogP contribution in [0.1, 0.15) is 12.0 Å². The van der Waals surface area contributed by atoms with Crippen molar-refractivity contribution < 1.29 is 14.3 Å². The molecule has 0 spiro atoms. The number of thiazole rings is 1. The first-order valence-electron chi connectivity index (χ1n) is 9.83. The fraction of sp³-hybridized carbons (Fsp3) is 0.304. The van der Waals surface area contributed by atoms with Crippen molar-refractivity contribution in [1.82, 2.24) is 9.88 Å². The van der Waals surface area contributed by atoms with Crippen LogP contribution in [-0.2, 0) is 4.79 Å². The highest BCUT2D eigenvalue weighted by atomic mass is 35.5. The van der Waals surface area contributed by atoms with Gasteiger partial charge in [-0.2, -0.15) is 0 Å². The number of fused-ring (bicyclic) bond motifs is 1. The molecule has 0 bridgehead atoms. The van der Waals surface area contributed by atoms with Crippen molar-refractivity contribution in [3.8, 4) is 11.5 Å². The summed E-state index contributed by atoms with van der Waals surface area (Å²) in [4.78, 5) is 21.6. The third-order valence-electron chi connectivity index (χ3n) is 4.65. The molecule has 0 radical (unpaired) electrons. The normalized spacial score (nSPS) is 11.1. The van der Waals surface area contributed by atoms with Crippen molar-refractivity contribution in [3.63, 3.8) is 0 Å². The molecule has 0 aliphatic rings. The molecule has 0 atom stereocenters. The topological polar surface area (TPSA) is 54.9 Å². The Bertz CT molecular complexity index is 1090. The van der Waals surface area contributed by atoms with E-state index in [-0.39, 0.29) is 18.3 Å². The minimum atomic E-state index is -0.126. The average Bonchev–Trinajstić information content (AvgIpc) is 3.17. The number of methoxy groups -OCH3 is 2. The number of hydrogen-bond donors (Lipinski definition) is 0. The third kappa shape index (κ3) is 6.59. The second-order valence-corrected chi connectivity index (χ2v) is 8.65. The van der Waals surface area contributed by atoms with Gasteiger partial charge in [0, 0.05) is 17.6 Å². The van der Waals surface area contributed by atoms with Crippen LogP contribution in [0, 0.1) is 0 Å². The summed E-state index contributed by atoms with van der Waals surface area (Å²) in [7, 11) is 7.21. The molecule has 172 valence electrons. The number of hydrogen-bond acceptors (Lipinski definition) is 6. The molecular weight excluding hydrogens is 469 g/mol. The summed E-state index contributed by atoms with van der Waals surface area (Å²) < 4.78 is 11.6. The number of carbonyl (C=O) groups is 1. The summed E-state index contributed by atoms with van der Waals surface area (Å²) in [5, 5.41) is 1.32. The van der Waals surface area contributed by atoms with Crippen LogP contribution < -0.4 is 14.4 Å². The number of benzene rings is 2. The van der Waals surface area contributed by atoms with E-state index in [2.05, 4.69) is 9.88 Å². The van der Waals surface area contributed by atoms with Gasteiger partial charge in [0.15, 0.2) is 16.6 Å². The number of anilines is 1. The molecule has 6 nitrogen and oxygen atoms in total. The fourth-order valence-electron chi connectivity index (χ4n) is 3.06. The molecule has 1 heterocycles. The standard InChI is InChI=1S/C23H26ClN3O3S.ClH/c1-26(2)12-5-13-27(23-25-18-9-8-17(24)15-21(18)31-23)22(28)11-7-16-6-10-19(29-3)20(14-16)30-4;/h6-11,14-15H,5,12-13H2,1-4H3;1H. The van der Waals surface area contributed by atoms with Crippen molar-refractivity contribution in [3.05, 3.63) is 53.1 Å². The molecule has 0 unspecified atom stereocenters. The van der Waals surface area contributed by atoms with E-state index in [9.17, 15) is 4.79 Å². The molecule has 3 rings (SSSR count). The fourth-order valence-corrected chi connectivity index (χ4v) is 4.33. The molecular formula is C23H27Cl2N3O3S. The smallest absolute Gasteiger partial charge is 0.252 e. The van der Waals surface area contributed by atoms with E-state index in [1.807, 2.05) is 50.5 Å². The average molecular weight is 496 g/mol. The number of ether oxygens (including phenoxy) is 2. The van der Waals surface area contributed by atoms with Crippen LogP contribution in [0.3, 0.4) is 0 Å². The maximum absolute atomic E-state index is 13.1. The van der Waals surface area contributed by atoms with Gasteiger partial charge in [-0.25, -0.2) is 4.98 Å². The Balaban J connectivity index is 0.00000363. The Morgan fingerprint density at radius 2 is 1.84 bits per heavy atom. The Morgan fingerprint density at radius 3 is 2.53 bits per heavy atom. The molecule has 0 aliphatic carbocycles.